The van der Waals surface area contributed by atoms with Crippen molar-refractivity contribution in [1.29, 1.82) is 0 Å². The largest absolute Gasteiger partial charge is 0.480 e. The summed E-state index contributed by atoms with van der Waals surface area (Å²) in [6.45, 7) is 7.20. The average Bonchev–Trinajstić information content (AvgIpc) is 1.90. The molecule has 4 aromatic carbocycles. The van der Waals surface area contributed by atoms with E-state index in [1.165, 1.54) is 14.2 Å². The summed E-state index contributed by atoms with van der Waals surface area (Å²) in [4.78, 5) is 98.9. The molecular formula is C62H80N4O20. The Hall–Kier alpha value is -8.00. The molecule has 0 aliphatic heterocycles. The number of carbonyl (C=O) groups excluding carboxylic acids is 7. The number of hydrogen-bond donors (Lipinski definition) is 3. The van der Waals surface area contributed by atoms with E-state index >= 15 is 0 Å². The van der Waals surface area contributed by atoms with E-state index in [2.05, 4.69) is 20.1 Å². The van der Waals surface area contributed by atoms with E-state index in [4.69, 9.17) is 42.6 Å². The second-order valence-corrected chi connectivity index (χ2v) is 20.3. The fourth-order valence-electron chi connectivity index (χ4n) is 9.02. The molecule has 0 saturated heterocycles. The number of carboxylic acid groups (broad SMARTS) is 1. The first-order valence-electron chi connectivity index (χ1n) is 28.3. The molecule has 24 nitrogen and oxygen atoms in total. The number of amides is 4. The molecule has 468 valence electrons. The molecule has 2 aliphatic rings. The molecule has 86 heavy (non-hydrogen) atoms. The van der Waals surface area contributed by atoms with Crippen LogP contribution in [-0.4, -0.2) is 214 Å². The van der Waals surface area contributed by atoms with Gasteiger partial charge in [-0.1, -0.05) is 97.1 Å². The van der Waals surface area contributed by atoms with Gasteiger partial charge in [-0.3, -0.25) is 38.6 Å². The fraction of sp³-hybridized carbons (Fsp3) is 0.484. The molecular weight excluding hydrogens is 1120 g/mol. The Morgan fingerprint density at radius 2 is 0.744 bits per heavy atom. The van der Waals surface area contributed by atoms with Gasteiger partial charge in [-0.25, -0.2) is 9.59 Å². The van der Waals surface area contributed by atoms with Gasteiger partial charge in [-0.2, -0.15) is 0 Å². The summed E-state index contributed by atoms with van der Waals surface area (Å²) in [6, 6.07) is 31.7. The third-order valence-corrected chi connectivity index (χ3v) is 12.9. The molecule has 0 unspecified atom stereocenters. The lowest BCUT2D eigenvalue weighted by atomic mass is 9.98. The van der Waals surface area contributed by atoms with E-state index in [9.17, 15) is 43.5 Å². The Kier molecular flexibility index (Phi) is 29.9. The number of nitrogens with zero attached hydrogens (tertiary/aromatic N) is 2. The van der Waals surface area contributed by atoms with Crippen molar-refractivity contribution in [2.45, 2.75) is 51.0 Å². The topological polar surface area (TPSA) is 289 Å². The van der Waals surface area contributed by atoms with Crippen molar-refractivity contribution in [1.82, 2.24) is 20.4 Å². The van der Waals surface area contributed by atoms with Crippen LogP contribution in [0.1, 0.15) is 67.7 Å². The summed E-state index contributed by atoms with van der Waals surface area (Å²) in [5, 5.41) is 14.5. The maximum atomic E-state index is 13.2. The lowest BCUT2D eigenvalue weighted by Crippen LogP contribution is -2.45. The van der Waals surface area contributed by atoms with Crippen molar-refractivity contribution < 1.29 is 95.6 Å². The van der Waals surface area contributed by atoms with E-state index in [1.807, 2.05) is 97.1 Å². The molecule has 0 heterocycles. The Balaban J connectivity index is 0.000000315. The Morgan fingerprint density at radius 3 is 1.07 bits per heavy atom. The molecule has 3 N–H and O–H groups in total. The molecule has 0 aromatic heterocycles. The van der Waals surface area contributed by atoms with Gasteiger partial charge >= 0.3 is 36.1 Å². The van der Waals surface area contributed by atoms with Crippen LogP contribution in [0.3, 0.4) is 0 Å². The van der Waals surface area contributed by atoms with Gasteiger partial charge in [0, 0.05) is 24.9 Å². The lowest BCUT2D eigenvalue weighted by molar-refractivity contribution is -0.156. The zero-order chi connectivity index (χ0) is 62.1. The highest BCUT2D eigenvalue weighted by Crippen LogP contribution is 2.45. The molecule has 0 bridgehead atoms. The maximum Gasteiger partial charge on any atom is 0.410 e. The number of fused-ring (bicyclic) bond motifs is 6. The molecule has 0 saturated carbocycles. The van der Waals surface area contributed by atoms with Gasteiger partial charge in [0.05, 0.1) is 106 Å². The van der Waals surface area contributed by atoms with E-state index in [1.54, 1.807) is 20.8 Å². The number of nitrogens with one attached hydrogen (secondary N) is 2. The van der Waals surface area contributed by atoms with Crippen LogP contribution in [0.4, 0.5) is 9.59 Å². The number of hydrogen-bond acceptors (Lipinski definition) is 19. The van der Waals surface area contributed by atoms with Crippen LogP contribution in [-0.2, 0) is 80.9 Å². The van der Waals surface area contributed by atoms with Crippen molar-refractivity contribution in [3.05, 3.63) is 119 Å². The summed E-state index contributed by atoms with van der Waals surface area (Å²) < 4.78 is 57.7. The van der Waals surface area contributed by atoms with E-state index in [-0.39, 0.29) is 89.3 Å². The highest BCUT2D eigenvalue weighted by molar-refractivity contribution is 5.86. The normalized spacial score (nSPS) is 12.0. The van der Waals surface area contributed by atoms with Crippen molar-refractivity contribution in [3.63, 3.8) is 0 Å². The van der Waals surface area contributed by atoms with E-state index in [0.717, 1.165) is 54.3 Å². The molecule has 4 aromatic rings. The molecule has 24 heteroatoms. The van der Waals surface area contributed by atoms with Crippen LogP contribution in [0.25, 0.3) is 22.3 Å². The zero-order valence-corrected chi connectivity index (χ0v) is 49.5. The van der Waals surface area contributed by atoms with Gasteiger partial charge < -0.3 is 67.8 Å². The second-order valence-electron chi connectivity index (χ2n) is 20.3. The van der Waals surface area contributed by atoms with Crippen molar-refractivity contribution in [3.8, 4) is 22.3 Å². The van der Waals surface area contributed by atoms with Crippen LogP contribution >= 0.6 is 0 Å². The van der Waals surface area contributed by atoms with Crippen molar-refractivity contribution in [2.75, 3.05) is 146 Å². The number of carboxylic acids is 1. The summed E-state index contributed by atoms with van der Waals surface area (Å²) in [5.74, 6) is -3.95. The third-order valence-electron chi connectivity index (χ3n) is 12.9. The van der Waals surface area contributed by atoms with E-state index < -0.39 is 67.7 Å². The van der Waals surface area contributed by atoms with Crippen LogP contribution in [0.5, 0.6) is 0 Å². The Bertz CT molecular complexity index is 2730. The highest BCUT2D eigenvalue weighted by atomic mass is 16.6. The van der Waals surface area contributed by atoms with Crippen LogP contribution in [0, 0.1) is 0 Å². The number of carbonyl (C=O) groups is 8. The second kappa shape index (κ2) is 37.4. The predicted octanol–water partition coefficient (Wildman–Crippen LogP) is 5.36. The minimum Gasteiger partial charge on any atom is -0.480 e. The van der Waals surface area contributed by atoms with Crippen molar-refractivity contribution in [2.24, 2.45) is 0 Å². The highest BCUT2D eigenvalue weighted by Gasteiger charge is 2.33. The lowest BCUT2D eigenvalue weighted by Gasteiger charge is -2.25. The predicted molar refractivity (Wildman–Crippen MR) is 311 cm³/mol. The fourth-order valence-corrected chi connectivity index (χ4v) is 9.02. The molecule has 0 spiro atoms. The molecule has 0 atom stereocenters. The summed E-state index contributed by atoms with van der Waals surface area (Å²) in [5.41, 5.74) is 7.72. The number of esters is 3. The summed E-state index contributed by atoms with van der Waals surface area (Å²) in [7, 11) is 2.64. The molecule has 2 aliphatic carbocycles. The van der Waals surface area contributed by atoms with Crippen LogP contribution in [0.2, 0.25) is 0 Å². The summed E-state index contributed by atoms with van der Waals surface area (Å²) in [6.07, 6.45) is -1.30. The molecule has 0 fully saturated rings. The Labute approximate surface area is 500 Å². The first kappa shape index (κ1) is 68.8. The number of ether oxygens (including phenoxy) is 11. The van der Waals surface area contributed by atoms with Gasteiger partial charge in [0.1, 0.15) is 45.0 Å². The van der Waals surface area contributed by atoms with Gasteiger partial charge in [0.15, 0.2) is 0 Å². The minimum absolute atomic E-state index is 0.0140. The zero-order valence-electron chi connectivity index (χ0n) is 49.5. The molecule has 4 amide bonds. The number of methoxy groups -OCH3 is 2. The van der Waals surface area contributed by atoms with Crippen LogP contribution in [0.15, 0.2) is 97.1 Å². The van der Waals surface area contributed by atoms with Gasteiger partial charge in [0.25, 0.3) is 0 Å². The summed E-state index contributed by atoms with van der Waals surface area (Å²) >= 11 is 0. The van der Waals surface area contributed by atoms with Crippen LogP contribution < -0.4 is 10.6 Å². The average molecular weight is 1200 g/mol. The van der Waals surface area contributed by atoms with Gasteiger partial charge in [0.2, 0.25) is 11.8 Å². The third kappa shape index (κ3) is 24.2. The monoisotopic (exact) mass is 1200 g/mol. The smallest absolute Gasteiger partial charge is 0.410 e. The molecule has 0 radical (unpaired) electrons. The van der Waals surface area contributed by atoms with E-state index in [0.29, 0.717) is 52.9 Å². The van der Waals surface area contributed by atoms with Crippen molar-refractivity contribution >= 4 is 47.9 Å². The standard InChI is InChI=1S/C33H44N2O10.C29H36N2O10/c1-33(2,3)45-31(38)22-35(21-29(36)34-14-16-42-18-20-43-19-17-41-15-13-30(37)40-4)32(39)44-23-28-26-11-7-5-9-24(26)25-10-6-8-12-27(25)28;1-37-28(35)10-12-38-14-16-40-17-15-39-13-11-30-26(32)18-31(19-27(33)34)29(36)41-20-25-23-8-4-2-6-21(23)22-7-3-5-9-24(22)25/h5-12,28H,13-23H2,1-4H3,(H,34,36);2-9,25H,10-20H2,1H3,(H,30,32)(H,33,34). The minimum atomic E-state index is -1.26. The maximum absolute atomic E-state index is 13.2. The van der Waals surface area contributed by atoms with Gasteiger partial charge in [-0.15, -0.1) is 0 Å². The first-order valence-corrected chi connectivity index (χ1v) is 28.3. The Morgan fingerprint density at radius 1 is 0.430 bits per heavy atom. The number of aliphatic carboxylic acids is 1. The van der Waals surface area contributed by atoms with Gasteiger partial charge in [-0.05, 0) is 65.3 Å². The first-order chi connectivity index (χ1) is 41.5. The molecule has 6 rings (SSSR count). The number of rotatable bonds is 36. The number of benzene rings is 4. The SMILES string of the molecule is COC(=O)CCOCCOCCOCCNC(=O)CN(CC(=O)O)C(=O)OCC1c2ccccc2-c2ccccc21.COC(=O)CCOCCOCCOCCNC(=O)CN(CC(=O)OC(C)(C)C)C(=O)OCC1c2ccccc2-c2ccccc21. The quantitative estimate of drug-likeness (QED) is 0.0293.